The van der Waals surface area contributed by atoms with Crippen molar-refractivity contribution in [2.45, 2.75) is 24.8 Å². The molecule has 4 rings (SSSR count). The number of benzene rings is 2. The van der Waals surface area contributed by atoms with E-state index in [0.717, 1.165) is 11.1 Å². The summed E-state index contributed by atoms with van der Waals surface area (Å²) in [6, 6.07) is 17.3. The van der Waals surface area contributed by atoms with Crippen molar-refractivity contribution in [3.8, 4) is 0 Å². The lowest BCUT2D eigenvalue weighted by Crippen LogP contribution is -2.32. The van der Waals surface area contributed by atoms with Gasteiger partial charge in [0.05, 0.1) is 5.92 Å². The van der Waals surface area contributed by atoms with Crippen molar-refractivity contribution in [2.75, 3.05) is 13.1 Å². The van der Waals surface area contributed by atoms with Gasteiger partial charge in [0, 0.05) is 37.0 Å². The average molecular weight is 377 g/mol. The molecule has 2 aromatic rings. The summed E-state index contributed by atoms with van der Waals surface area (Å²) in [6.07, 6.45) is 0.725. The van der Waals surface area contributed by atoms with Gasteiger partial charge in [0.2, 0.25) is 11.8 Å². The van der Waals surface area contributed by atoms with Gasteiger partial charge in [-0.15, -0.1) is 0 Å². The lowest BCUT2D eigenvalue weighted by Gasteiger charge is -2.17. The molecule has 6 nitrogen and oxygen atoms in total. The first kappa shape index (κ1) is 18.4. The molecule has 2 saturated heterocycles. The molecule has 3 atom stereocenters. The number of rotatable bonds is 4. The van der Waals surface area contributed by atoms with E-state index in [9.17, 15) is 14.4 Å². The summed E-state index contributed by atoms with van der Waals surface area (Å²) in [7, 11) is 0. The van der Waals surface area contributed by atoms with Crippen LogP contribution in [-0.2, 0) is 16.0 Å². The van der Waals surface area contributed by atoms with Crippen molar-refractivity contribution in [1.29, 1.82) is 0 Å². The van der Waals surface area contributed by atoms with Crippen molar-refractivity contribution in [3.05, 3.63) is 71.3 Å². The molecule has 2 aliphatic heterocycles. The number of nitrogens with two attached hydrogens (primary N) is 1. The molecule has 3 N–H and O–H groups in total. The number of nitrogens with zero attached hydrogens (tertiary/aromatic N) is 1. The van der Waals surface area contributed by atoms with Gasteiger partial charge in [-0.05, 0) is 29.7 Å². The lowest BCUT2D eigenvalue weighted by molar-refractivity contribution is -0.125. The van der Waals surface area contributed by atoms with Crippen molar-refractivity contribution in [1.82, 2.24) is 10.2 Å². The minimum absolute atomic E-state index is 0.0331. The molecule has 0 spiro atoms. The van der Waals surface area contributed by atoms with E-state index in [0.29, 0.717) is 25.1 Å². The summed E-state index contributed by atoms with van der Waals surface area (Å²) in [4.78, 5) is 37.7. The maximum absolute atomic E-state index is 12.9. The first-order valence-electron chi connectivity index (χ1n) is 9.53. The van der Waals surface area contributed by atoms with Crippen LogP contribution in [0.25, 0.3) is 0 Å². The Labute approximate surface area is 163 Å². The van der Waals surface area contributed by atoms with Crippen LogP contribution in [0.5, 0.6) is 0 Å². The number of carbonyl (C=O) groups is 3. The van der Waals surface area contributed by atoms with Crippen molar-refractivity contribution in [3.63, 3.8) is 0 Å². The van der Waals surface area contributed by atoms with Gasteiger partial charge in [0.1, 0.15) is 0 Å². The Kier molecular flexibility index (Phi) is 4.96. The molecule has 0 aliphatic carbocycles. The standard InChI is InChI=1S/C22H23N3O3/c23-19-13-25(12-18(19)15-4-2-1-3-5-15)22(28)16-8-6-14(7-9-16)10-17-11-20(26)24-21(17)27/h1-9,17-19H,10-13,23H2,(H,24,26,27)/t17?,18-,19+/m0/s1. The molecule has 0 saturated carbocycles. The highest BCUT2D eigenvalue weighted by Crippen LogP contribution is 2.27. The van der Waals surface area contributed by atoms with Gasteiger partial charge in [-0.2, -0.15) is 0 Å². The molecule has 1 unspecified atom stereocenters. The van der Waals surface area contributed by atoms with Crippen LogP contribution in [-0.4, -0.2) is 41.8 Å². The Morgan fingerprint density at radius 3 is 2.39 bits per heavy atom. The third kappa shape index (κ3) is 3.68. The number of imide groups is 1. The van der Waals surface area contributed by atoms with E-state index in [1.807, 2.05) is 30.3 Å². The zero-order chi connectivity index (χ0) is 19.7. The summed E-state index contributed by atoms with van der Waals surface area (Å²) >= 11 is 0. The van der Waals surface area contributed by atoms with Gasteiger partial charge in [-0.25, -0.2) is 0 Å². The van der Waals surface area contributed by atoms with Crippen molar-refractivity contribution < 1.29 is 14.4 Å². The molecular weight excluding hydrogens is 354 g/mol. The number of likely N-dealkylation sites (tertiary alicyclic amines) is 1. The molecule has 2 heterocycles. The second kappa shape index (κ2) is 7.56. The van der Waals surface area contributed by atoms with Crippen LogP contribution in [0, 0.1) is 5.92 Å². The minimum Gasteiger partial charge on any atom is -0.336 e. The fraction of sp³-hybridized carbons (Fsp3) is 0.318. The molecule has 3 amide bonds. The highest BCUT2D eigenvalue weighted by Gasteiger charge is 2.34. The largest absolute Gasteiger partial charge is 0.336 e. The zero-order valence-corrected chi connectivity index (χ0v) is 15.5. The van der Waals surface area contributed by atoms with Crippen LogP contribution in [0.4, 0.5) is 0 Å². The maximum Gasteiger partial charge on any atom is 0.253 e. The third-order valence-electron chi connectivity index (χ3n) is 5.63. The summed E-state index contributed by atoms with van der Waals surface area (Å²) in [6.45, 7) is 1.14. The van der Waals surface area contributed by atoms with Crippen molar-refractivity contribution in [2.24, 2.45) is 11.7 Å². The quantitative estimate of drug-likeness (QED) is 0.789. The lowest BCUT2D eigenvalue weighted by atomic mass is 9.95. The number of hydrogen-bond acceptors (Lipinski definition) is 4. The predicted molar refractivity (Wildman–Crippen MR) is 104 cm³/mol. The monoisotopic (exact) mass is 377 g/mol. The molecule has 0 bridgehead atoms. The van der Waals surface area contributed by atoms with E-state index in [-0.39, 0.29) is 42.0 Å². The highest BCUT2D eigenvalue weighted by molar-refractivity contribution is 6.03. The van der Waals surface area contributed by atoms with Gasteiger partial charge in [-0.3, -0.25) is 19.7 Å². The van der Waals surface area contributed by atoms with E-state index in [1.165, 1.54) is 0 Å². The second-order valence-electron chi connectivity index (χ2n) is 7.61. The van der Waals surface area contributed by atoms with Crippen LogP contribution >= 0.6 is 0 Å². The SMILES string of the molecule is N[C@@H]1CN(C(=O)c2ccc(CC3CC(=O)NC3=O)cc2)C[C@H]1c1ccccc1. The topological polar surface area (TPSA) is 92.5 Å². The number of hydrogen-bond donors (Lipinski definition) is 2. The first-order chi connectivity index (χ1) is 13.5. The van der Waals surface area contributed by atoms with Crippen LogP contribution in [0.2, 0.25) is 0 Å². The molecule has 2 aliphatic rings. The Bertz CT molecular complexity index is 895. The molecule has 0 radical (unpaired) electrons. The van der Waals surface area contributed by atoms with Gasteiger partial charge >= 0.3 is 0 Å². The van der Waals surface area contributed by atoms with Crippen LogP contribution in [0.3, 0.4) is 0 Å². The fourth-order valence-electron chi connectivity index (χ4n) is 4.07. The normalized spacial score (nSPS) is 24.5. The minimum atomic E-state index is -0.322. The molecule has 0 aromatic heterocycles. The average Bonchev–Trinajstić information content (AvgIpc) is 3.24. The summed E-state index contributed by atoms with van der Waals surface area (Å²) in [5, 5.41) is 2.33. The fourth-order valence-corrected chi connectivity index (χ4v) is 4.07. The third-order valence-corrected chi connectivity index (χ3v) is 5.63. The van der Waals surface area contributed by atoms with E-state index < -0.39 is 0 Å². The summed E-state index contributed by atoms with van der Waals surface area (Å²) in [5.74, 6) is -0.655. The van der Waals surface area contributed by atoms with Crippen LogP contribution in [0.1, 0.15) is 33.8 Å². The number of nitrogens with one attached hydrogen (secondary N) is 1. The predicted octanol–water partition coefficient (Wildman–Crippen LogP) is 1.46. The summed E-state index contributed by atoms with van der Waals surface area (Å²) in [5.41, 5.74) is 9.00. The molecular formula is C22H23N3O3. The van der Waals surface area contributed by atoms with E-state index in [2.05, 4.69) is 17.4 Å². The summed E-state index contributed by atoms with van der Waals surface area (Å²) < 4.78 is 0. The Morgan fingerprint density at radius 1 is 1.04 bits per heavy atom. The number of amides is 3. The molecule has 144 valence electrons. The van der Waals surface area contributed by atoms with Crippen LogP contribution in [0.15, 0.2) is 54.6 Å². The van der Waals surface area contributed by atoms with Gasteiger partial charge in [-0.1, -0.05) is 42.5 Å². The Morgan fingerprint density at radius 2 is 1.75 bits per heavy atom. The maximum atomic E-state index is 12.9. The van der Waals surface area contributed by atoms with Gasteiger partial charge in [0.25, 0.3) is 5.91 Å². The van der Waals surface area contributed by atoms with E-state index in [4.69, 9.17) is 5.73 Å². The molecule has 6 heteroatoms. The van der Waals surface area contributed by atoms with E-state index >= 15 is 0 Å². The first-order valence-corrected chi connectivity index (χ1v) is 9.53. The van der Waals surface area contributed by atoms with Crippen molar-refractivity contribution >= 4 is 17.7 Å². The number of carbonyl (C=O) groups excluding carboxylic acids is 3. The highest BCUT2D eigenvalue weighted by atomic mass is 16.2. The smallest absolute Gasteiger partial charge is 0.253 e. The van der Waals surface area contributed by atoms with Gasteiger partial charge in [0.15, 0.2) is 0 Å². The molecule has 2 fully saturated rings. The second-order valence-corrected chi connectivity index (χ2v) is 7.61. The Hall–Kier alpha value is -2.99. The van der Waals surface area contributed by atoms with Crippen LogP contribution < -0.4 is 11.1 Å². The Balaban J connectivity index is 1.41. The molecule has 28 heavy (non-hydrogen) atoms. The van der Waals surface area contributed by atoms with Gasteiger partial charge < -0.3 is 10.6 Å². The molecule has 2 aromatic carbocycles. The van der Waals surface area contributed by atoms with E-state index in [1.54, 1.807) is 17.0 Å². The zero-order valence-electron chi connectivity index (χ0n) is 15.5.